The zero-order valence-corrected chi connectivity index (χ0v) is 11.9. The summed E-state index contributed by atoms with van der Waals surface area (Å²) in [6, 6.07) is 6.13. The van der Waals surface area contributed by atoms with Gasteiger partial charge in [-0.1, -0.05) is 35.8 Å². The molecule has 0 aromatic heterocycles. The maximum Gasteiger partial charge on any atom is 0.160 e. The first-order valence-corrected chi connectivity index (χ1v) is 6.54. The van der Waals surface area contributed by atoms with E-state index in [2.05, 4.69) is 41.9 Å². The first kappa shape index (κ1) is 13.4. The summed E-state index contributed by atoms with van der Waals surface area (Å²) in [5.74, 6) is 2.67. The number of hydrogen-bond acceptors (Lipinski definition) is 2. The van der Waals surface area contributed by atoms with Gasteiger partial charge in [0, 0.05) is 5.33 Å². The van der Waals surface area contributed by atoms with Crippen LogP contribution in [0.2, 0.25) is 0 Å². The molecular formula is C13H19BrO2. The predicted molar refractivity (Wildman–Crippen MR) is 70.9 cm³/mol. The summed E-state index contributed by atoms with van der Waals surface area (Å²) in [4.78, 5) is 0. The molecule has 0 saturated heterocycles. The molecule has 0 amide bonds. The minimum Gasteiger partial charge on any atom is -0.493 e. The fourth-order valence-corrected chi connectivity index (χ4v) is 2.86. The van der Waals surface area contributed by atoms with Crippen LogP contribution in [-0.2, 0) is 0 Å². The van der Waals surface area contributed by atoms with Crippen LogP contribution in [0.4, 0.5) is 0 Å². The second-order valence-corrected chi connectivity index (χ2v) is 4.77. The molecule has 0 N–H and O–H groups in total. The molecule has 16 heavy (non-hydrogen) atoms. The van der Waals surface area contributed by atoms with Crippen LogP contribution < -0.4 is 9.47 Å². The summed E-state index contributed by atoms with van der Waals surface area (Å²) in [5.41, 5.74) is 1.28. The first-order chi connectivity index (χ1) is 7.63. The van der Waals surface area contributed by atoms with Crippen molar-refractivity contribution in [2.75, 3.05) is 19.5 Å². The number of alkyl halides is 1. The summed E-state index contributed by atoms with van der Waals surface area (Å²) in [7, 11) is 3.32. The monoisotopic (exact) mass is 286 g/mol. The lowest BCUT2D eigenvalue weighted by molar-refractivity contribution is 0.354. The molecule has 0 aliphatic rings. The van der Waals surface area contributed by atoms with Gasteiger partial charge in [-0.15, -0.1) is 0 Å². The van der Waals surface area contributed by atoms with Crippen LogP contribution >= 0.6 is 15.9 Å². The quantitative estimate of drug-likeness (QED) is 0.766. The van der Waals surface area contributed by atoms with E-state index < -0.39 is 0 Å². The minimum atomic E-state index is 0.500. The van der Waals surface area contributed by atoms with E-state index in [1.54, 1.807) is 14.2 Å². The first-order valence-electron chi connectivity index (χ1n) is 5.41. The third-order valence-corrected chi connectivity index (χ3v) is 3.50. The van der Waals surface area contributed by atoms with Gasteiger partial charge >= 0.3 is 0 Å². The van der Waals surface area contributed by atoms with Crippen molar-refractivity contribution in [3.05, 3.63) is 23.8 Å². The van der Waals surface area contributed by atoms with Gasteiger partial charge in [-0.25, -0.2) is 0 Å². The second-order valence-electron chi connectivity index (χ2n) is 4.12. The second kappa shape index (κ2) is 6.14. The van der Waals surface area contributed by atoms with E-state index in [1.807, 2.05) is 6.07 Å². The van der Waals surface area contributed by atoms with Crippen LogP contribution in [0.3, 0.4) is 0 Å². The third-order valence-electron chi connectivity index (χ3n) is 2.81. The van der Waals surface area contributed by atoms with Crippen LogP contribution in [-0.4, -0.2) is 19.5 Å². The molecule has 0 saturated carbocycles. The molecule has 0 radical (unpaired) electrons. The summed E-state index contributed by atoms with van der Waals surface area (Å²) < 4.78 is 10.5. The number of hydrogen-bond donors (Lipinski definition) is 0. The summed E-state index contributed by atoms with van der Waals surface area (Å²) >= 11 is 3.56. The van der Waals surface area contributed by atoms with Gasteiger partial charge in [-0.05, 0) is 29.5 Å². The number of halogens is 1. The number of methoxy groups -OCH3 is 2. The van der Waals surface area contributed by atoms with Crippen LogP contribution in [0.15, 0.2) is 18.2 Å². The maximum absolute atomic E-state index is 5.31. The van der Waals surface area contributed by atoms with Crippen LogP contribution in [0.5, 0.6) is 11.5 Å². The van der Waals surface area contributed by atoms with Crippen molar-refractivity contribution in [1.82, 2.24) is 0 Å². The highest BCUT2D eigenvalue weighted by molar-refractivity contribution is 9.09. The number of ether oxygens (including phenoxy) is 2. The molecule has 1 unspecified atom stereocenters. The summed E-state index contributed by atoms with van der Waals surface area (Å²) in [6.07, 6.45) is 0. The molecule has 3 heteroatoms. The highest BCUT2D eigenvalue weighted by Crippen LogP contribution is 2.34. The van der Waals surface area contributed by atoms with Crippen molar-refractivity contribution in [1.29, 1.82) is 0 Å². The van der Waals surface area contributed by atoms with E-state index in [-0.39, 0.29) is 0 Å². The maximum atomic E-state index is 5.31. The number of benzene rings is 1. The topological polar surface area (TPSA) is 18.5 Å². The van der Waals surface area contributed by atoms with Crippen LogP contribution in [0.25, 0.3) is 0 Å². The lowest BCUT2D eigenvalue weighted by Gasteiger charge is -2.20. The Morgan fingerprint density at radius 1 is 1.12 bits per heavy atom. The third kappa shape index (κ3) is 2.91. The molecule has 1 aromatic rings. The smallest absolute Gasteiger partial charge is 0.160 e. The lowest BCUT2D eigenvalue weighted by atomic mass is 9.90. The van der Waals surface area contributed by atoms with Gasteiger partial charge in [0.2, 0.25) is 0 Å². The minimum absolute atomic E-state index is 0.500. The molecule has 0 bridgehead atoms. The van der Waals surface area contributed by atoms with E-state index in [0.717, 1.165) is 16.8 Å². The normalized spacial score (nSPS) is 12.6. The van der Waals surface area contributed by atoms with Gasteiger partial charge in [0.05, 0.1) is 14.2 Å². The molecular weight excluding hydrogens is 268 g/mol. The fourth-order valence-electron chi connectivity index (χ4n) is 1.74. The number of rotatable bonds is 5. The molecule has 0 aliphatic carbocycles. The molecule has 1 rings (SSSR count). The Labute approximate surface area is 106 Å². The van der Waals surface area contributed by atoms with Crippen molar-refractivity contribution in [2.45, 2.75) is 19.8 Å². The Bertz CT molecular complexity index is 337. The van der Waals surface area contributed by atoms with E-state index in [4.69, 9.17) is 9.47 Å². The Morgan fingerprint density at radius 3 is 2.19 bits per heavy atom. The van der Waals surface area contributed by atoms with E-state index in [9.17, 15) is 0 Å². The molecule has 90 valence electrons. The summed E-state index contributed by atoms with van der Waals surface area (Å²) in [5, 5.41) is 0.958. The Balaban J connectivity index is 3.06. The standard InChI is InChI=1S/C13H19BrO2/c1-9(2)11(8-14)10-5-6-12(15-3)13(7-10)16-4/h5-7,9,11H,8H2,1-4H3. The molecule has 0 spiro atoms. The fraction of sp³-hybridized carbons (Fsp3) is 0.538. The zero-order valence-electron chi connectivity index (χ0n) is 10.3. The Kier molecular flexibility index (Phi) is 5.13. The largest absolute Gasteiger partial charge is 0.493 e. The van der Waals surface area contributed by atoms with E-state index in [1.165, 1.54) is 5.56 Å². The highest BCUT2D eigenvalue weighted by Gasteiger charge is 2.16. The average molecular weight is 287 g/mol. The van der Waals surface area contributed by atoms with Gasteiger partial charge in [-0.3, -0.25) is 0 Å². The van der Waals surface area contributed by atoms with Gasteiger partial charge in [0.1, 0.15) is 0 Å². The molecule has 0 fully saturated rings. The predicted octanol–water partition coefficient (Wildman–Crippen LogP) is 3.84. The van der Waals surface area contributed by atoms with Crippen LogP contribution in [0.1, 0.15) is 25.3 Å². The Morgan fingerprint density at radius 2 is 1.75 bits per heavy atom. The van der Waals surface area contributed by atoms with E-state index >= 15 is 0 Å². The Hall–Kier alpha value is -0.700. The zero-order chi connectivity index (χ0) is 12.1. The van der Waals surface area contributed by atoms with Gasteiger partial charge in [0.25, 0.3) is 0 Å². The van der Waals surface area contributed by atoms with Crippen molar-refractivity contribution in [2.24, 2.45) is 5.92 Å². The van der Waals surface area contributed by atoms with Crippen molar-refractivity contribution in [3.8, 4) is 11.5 Å². The van der Waals surface area contributed by atoms with Crippen molar-refractivity contribution in [3.63, 3.8) is 0 Å². The molecule has 0 aliphatic heterocycles. The SMILES string of the molecule is COc1ccc(C(CBr)C(C)C)cc1OC. The van der Waals surface area contributed by atoms with Gasteiger partial charge in [-0.2, -0.15) is 0 Å². The lowest BCUT2D eigenvalue weighted by Crippen LogP contribution is -2.08. The highest BCUT2D eigenvalue weighted by atomic mass is 79.9. The molecule has 1 aromatic carbocycles. The van der Waals surface area contributed by atoms with Crippen LogP contribution in [0, 0.1) is 5.92 Å². The van der Waals surface area contributed by atoms with Crippen molar-refractivity contribution < 1.29 is 9.47 Å². The van der Waals surface area contributed by atoms with Crippen molar-refractivity contribution >= 4 is 15.9 Å². The summed E-state index contributed by atoms with van der Waals surface area (Å²) in [6.45, 7) is 4.45. The molecule has 0 heterocycles. The van der Waals surface area contributed by atoms with Gasteiger partial charge < -0.3 is 9.47 Å². The van der Waals surface area contributed by atoms with E-state index in [0.29, 0.717) is 11.8 Å². The average Bonchev–Trinajstić information content (AvgIpc) is 2.29. The van der Waals surface area contributed by atoms with Gasteiger partial charge in [0.15, 0.2) is 11.5 Å². The molecule has 2 nitrogen and oxygen atoms in total. The molecule has 1 atom stereocenters.